The van der Waals surface area contributed by atoms with Crippen LogP contribution in [0.2, 0.25) is 0 Å². The quantitative estimate of drug-likeness (QED) is 0.532. The van der Waals surface area contributed by atoms with E-state index in [9.17, 15) is 4.79 Å². The zero-order valence-electron chi connectivity index (χ0n) is 15.3. The second-order valence-electron chi connectivity index (χ2n) is 6.01. The highest BCUT2D eigenvalue weighted by Crippen LogP contribution is 2.29. The highest BCUT2D eigenvalue weighted by atomic mass is 32.2. The number of anilines is 2. The van der Waals surface area contributed by atoms with E-state index in [4.69, 9.17) is 0 Å². The zero-order valence-corrected chi connectivity index (χ0v) is 16.9. The fourth-order valence-electron chi connectivity index (χ4n) is 2.37. The molecule has 3 aromatic rings. The average Bonchev–Trinajstić information content (AvgIpc) is 3.15. The highest BCUT2D eigenvalue weighted by molar-refractivity contribution is 8.02. The highest BCUT2D eigenvalue weighted by Gasteiger charge is 2.17. The number of rotatable bonds is 8. The smallest absolute Gasteiger partial charge is 0.237 e. The van der Waals surface area contributed by atoms with Gasteiger partial charge in [0.25, 0.3) is 0 Å². The molecule has 0 saturated heterocycles. The Kier molecular flexibility index (Phi) is 6.84. The van der Waals surface area contributed by atoms with E-state index in [2.05, 4.69) is 39.9 Å². The van der Waals surface area contributed by atoms with Crippen molar-refractivity contribution in [3.63, 3.8) is 0 Å². The molecule has 2 N–H and O–H groups in total. The number of aryl methyl sites for hydroxylation is 1. The van der Waals surface area contributed by atoms with Crippen LogP contribution in [0.5, 0.6) is 0 Å². The normalized spacial score (nSPS) is 11.8. The van der Waals surface area contributed by atoms with Crippen molar-refractivity contribution in [2.45, 2.75) is 36.4 Å². The van der Waals surface area contributed by atoms with Crippen molar-refractivity contribution in [2.24, 2.45) is 0 Å². The van der Waals surface area contributed by atoms with Gasteiger partial charge in [-0.1, -0.05) is 72.5 Å². The Balaban J connectivity index is 1.50. The van der Waals surface area contributed by atoms with Crippen LogP contribution < -0.4 is 10.6 Å². The van der Waals surface area contributed by atoms with E-state index in [-0.39, 0.29) is 11.2 Å². The van der Waals surface area contributed by atoms with Gasteiger partial charge in [0.1, 0.15) is 0 Å². The number of amides is 1. The minimum atomic E-state index is -0.259. The van der Waals surface area contributed by atoms with Crippen molar-refractivity contribution in [1.29, 1.82) is 0 Å². The summed E-state index contributed by atoms with van der Waals surface area (Å²) in [4.78, 5) is 12.4. The summed E-state index contributed by atoms with van der Waals surface area (Å²) in [5, 5.41) is 15.0. The molecule has 0 radical (unpaired) electrons. The summed E-state index contributed by atoms with van der Waals surface area (Å²) in [5.41, 5.74) is 3.25. The number of benzene rings is 2. The third-order valence-electron chi connectivity index (χ3n) is 3.97. The van der Waals surface area contributed by atoms with Crippen LogP contribution in [0.4, 0.5) is 10.8 Å². The second-order valence-corrected chi connectivity index (χ2v) is 8.58. The predicted molar refractivity (Wildman–Crippen MR) is 113 cm³/mol. The van der Waals surface area contributed by atoms with Gasteiger partial charge in [-0.3, -0.25) is 4.79 Å². The van der Waals surface area contributed by atoms with Gasteiger partial charge in [-0.05, 0) is 36.6 Å². The van der Waals surface area contributed by atoms with Crippen LogP contribution in [-0.4, -0.2) is 21.4 Å². The van der Waals surface area contributed by atoms with Crippen LogP contribution in [0.25, 0.3) is 0 Å². The number of nitrogens with one attached hydrogen (secondary N) is 2. The maximum Gasteiger partial charge on any atom is 0.237 e. The van der Waals surface area contributed by atoms with Gasteiger partial charge < -0.3 is 10.6 Å². The number of carbonyl (C=O) groups excluding carboxylic acids is 1. The van der Waals surface area contributed by atoms with E-state index in [1.165, 1.54) is 34.2 Å². The van der Waals surface area contributed by atoms with E-state index < -0.39 is 0 Å². The summed E-state index contributed by atoms with van der Waals surface area (Å²) in [6.45, 7) is 4.68. The van der Waals surface area contributed by atoms with Crippen LogP contribution >= 0.6 is 23.1 Å². The van der Waals surface area contributed by atoms with Crippen LogP contribution in [0.3, 0.4) is 0 Å². The summed E-state index contributed by atoms with van der Waals surface area (Å²) < 4.78 is 0.773. The monoisotopic (exact) mass is 398 g/mol. The third kappa shape index (κ3) is 5.80. The van der Waals surface area contributed by atoms with Crippen molar-refractivity contribution in [1.82, 2.24) is 10.2 Å². The third-order valence-corrected chi connectivity index (χ3v) is 6.03. The van der Waals surface area contributed by atoms with E-state index in [0.717, 1.165) is 21.6 Å². The molecule has 2 aromatic carbocycles. The SMILES string of the molecule is CCc1ccc(NC(=O)[C@H](C)Sc2nnc(NCc3ccccc3)s2)cc1. The van der Waals surface area contributed by atoms with Gasteiger partial charge >= 0.3 is 0 Å². The summed E-state index contributed by atoms with van der Waals surface area (Å²) in [7, 11) is 0. The topological polar surface area (TPSA) is 66.9 Å². The number of carbonyl (C=O) groups is 1. The molecule has 1 amide bonds. The standard InChI is InChI=1S/C20H22N4OS2/c1-3-15-9-11-17(12-10-15)22-18(25)14(2)26-20-24-23-19(27-20)21-13-16-7-5-4-6-8-16/h4-12,14H,3,13H2,1-2H3,(H,21,23)(H,22,25)/t14-/m0/s1. The van der Waals surface area contributed by atoms with E-state index >= 15 is 0 Å². The van der Waals surface area contributed by atoms with Gasteiger partial charge in [-0.2, -0.15) is 0 Å². The predicted octanol–water partition coefficient (Wildman–Crippen LogP) is 4.83. The van der Waals surface area contributed by atoms with E-state index in [0.29, 0.717) is 6.54 Å². The maximum atomic E-state index is 12.4. The van der Waals surface area contributed by atoms with Crippen LogP contribution in [-0.2, 0) is 17.8 Å². The van der Waals surface area contributed by atoms with Crippen LogP contribution in [0.1, 0.15) is 25.0 Å². The van der Waals surface area contributed by atoms with Crippen LogP contribution in [0, 0.1) is 0 Å². The van der Waals surface area contributed by atoms with E-state index in [1.54, 1.807) is 0 Å². The number of hydrogen-bond donors (Lipinski definition) is 2. The summed E-state index contributed by atoms with van der Waals surface area (Å²) in [5.74, 6) is -0.0433. The zero-order chi connectivity index (χ0) is 19.1. The molecule has 1 heterocycles. The van der Waals surface area contributed by atoms with Crippen molar-refractivity contribution in [3.05, 3.63) is 65.7 Å². The lowest BCUT2D eigenvalue weighted by Gasteiger charge is -2.10. The molecule has 5 nitrogen and oxygen atoms in total. The molecule has 0 spiro atoms. The van der Waals surface area contributed by atoms with Gasteiger partial charge in [-0.15, -0.1) is 10.2 Å². The van der Waals surface area contributed by atoms with Gasteiger partial charge in [0.15, 0.2) is 4.34 Å². The second kappa shape index (κ2) is 9.53. The summed E-state index contributed by atoms with van der Waals surface area (Å²) in [6, 6.07) is 18.1. The lowest BCUT2D eigenvalue weighted by molar-refractivity contribution is -0.115. The van der Waals surface area contributed by atoms with Gasteiger partial charge in [0.2, 0.25) is 11.0 Å². The van der Waals surface area contributed by atoms with E-state index in [1.807, 2.05) is 49.4 Å². The molecule has 3 rings (SSSR count). The molecule has 0 aliphatic rings. The molecule has 0 saturated carbocycles. The van der Waals surface area contributed by atoms with Gasteiger partial charge in [0, 0.05) is 12.2 Å². The number of thioether (sulfide) groups is 1. The largest absolute Gasteiger partial charge is 0.356 e. The molecule has 140 valence electrons. The van der Waals surface area contributed by atoms with Crippen molar-refractivity contribution < 1.29 is 4.79 Å². The molecule has 0 aliphatic carbocycles. The fourth-order valence-corrected chi connectivity index (χ4v) is 4.27. The Labute approximate surface area is 167 Å². The Hall–Kier alpha value is -2.38. The first-order valence-corrected chi connectivity index (χ1v) is 10.5. The molecule has 0 bridgehead atoms. The lowest BCUT2D eigenvalue weighted by Crippen LogP contribution is -2.22. The number of aromatic nitrogens is 2. The molecular weight excluding hydrogens is 376 g/mol. The fraction of sp³-hybridized carbons (Fsp3) is 0.250. The molecular formula is C20H22N4OS2. The molecule has 27 heavy (non-hydrogen) atoms. The Morgan fingerprint density at radius 3 is 2.52 bits per heavy atom. The molecule has 1 atom stereocenters. The Bertz CT molecular complexity index is 865. The lowest BCUT2D eigenvalue weighted by atomic mass is 10.1. The Morgan fingerprint density at radius 1 is 1.07 bits per heavy atom. The maximum absolute atomic E-state index is 12.4. The van der Waals surface area contributed by atoms with Crippen molar-refractivity contribution >= 4 is 39.8 Å². The van der Waals surface area contributed by atoms with Crippen LogP contribution in [0.15, 0.2) is 58.9 Å². The first-order chi connectivity index (χ1) is 13.1. The van der Waals surface area contributed by atoms with Gasteiger partial charge in [0.05, 0.1) is 5.25 Å². The average molecular weight is 399 g/mol. The summed E-state index contributed by atoms with van der Waals surface area (Å²) >= 11 is 2.87. The minimum Gasteiger partial charge on any atom is -0.356 e. The minimum absolute atomic E-state index is 0.0433. The molecule has 1 aromatic heterocycles. The number of nitrogens with zero attached hydrogens (tertiary/aromatic N) is 2. The number of hydrogen-bond acceptors (Lipinski definition) is 6. The van der Waals surface area contributed by atoms with Crippen molar-refractivity contribution in [3.8, 4) is 0 Å². The Morgan fingerprint density at radius 2 is 1.81 bits per heavy atom. The molecule has 0 aliphatic heterocycles. The van der Waals surface area contributed by atoms with Crippen molar-refractivity contribution in [2.75, 3.05) is 10.6 Å². The first kappa shape index (κ1) is 19.4. The van der Waals surface area contributed by atoms with Gasteiger partial charge in [-0.25, -0.2) is 0 Å². The first-order valence-electron chi connectivity index (χ1n) is 8.82. The molecule has 0 unspecified atom stereocenters. The molecule has 0 fully saturated rings. The molecule has 7 heteroatoms. The summed E-state index contributed by atoms with van der Waals surface area (Å²) in [6.07, 6.45) is 0.984.